The van der Waals surface area contributed by atoms with E-state index in [1.165, 1.54) is 0 Å². The molecule has 0 heterocycles. The Morgan fingerprint density at radius 2 is 2.22 bits per heavy atom. The monoisotopic (exact) mass is 246 g/mol. The standard InChI is InChI=1S/C15H18O3/c1-11(2)10-18-13-5-3-4-12(8-13)15(6-7-15)9-14(16)17/h3-5,8H,1,6-7,9-10H2,2H3,(H,16,17). The van der Waals surface area contributed by atoms with Gasteiger partial charge in [-0.15, -0.1) is 0 Å². The summed E-state index contributed by atoms with van der Waals surface area (Å²) in [6, 6.07) is 7.76. The molecule has 0 saturated heterocycles. The van der Waals surface area contributed by atoms with Crippen LogP contribution in [0.5, 0.6) is 5.75 Å². The van der Waals surface area contributed by atoms with Gasteiger partial charge in [0.2, 0.25) is 0 Å². The molecule has 2 rings (SSSR count). The highest BCUT2D eigenvalue weighted by Gasteiger charge is 2.46. The first-order valence-electron chi connectivity index (χ1n) is 6.11. The van der Waals surface area contributed by atoms with Crippen LogP contribution in [0.1, 0.15) is 31.7 Å². The van der Waals surface area contributed by atoms with Gasteiger partial charge in [0.15, 0.2) is 0 Å². The Balaban J connectivity index is 2.12. The molecule has 18 heavy (non-hydrogen) atoms. The summed E-state index contributed by atoms with van der Waals surface area (Å²) in [7, 11) is 0. The summed E-state index contributed by atoms with van der Waals surface area (Å²) in [6.07, 6.45) is 2.10. The van der Waals surface area contributed by atoms with Gasteiger partial charge in [-0.3, -0.25) is 4.79 Å². The summed E-state index contributed by atoms with van der Waals surface area (Å²) in [5, 5.41) is 8.95. The summed E-state index contributed by atoms with van der Waals surface area (Å²) in [4.78, 5) is 10.9. The maximum absolute atomic E-state index is 10.9. The Morgan fingerprint density at radius 3 is 2.78 bits per heavy atom. The lowest BCUT2D eigenvalue weighted by Gasteiger charge is -2.14. The van der Waals surface area contributed by atoms with Crippen LogP contribution in [0.15, 0.2) is 36.4 Å². The molecule has 3 nitrogen and oxygen atoms in total. The Labute approximate surface area is 107 Å². The zero-order chi connectivity index (χ0) is 13.2. The second kappa shape index (κ2) is 4.84. The van der Waals surface area contributed by atoms with Crippen LogP contribution in [0.2, 0.25) is 0 Å². The first-order valence-corrected chi connectivity index (χ1v) is 6.11. The first kappa shape index (κ1) is 12.7. The van der Waals surface area contributed by atoms with Gasteiger partial charge in [0.25, 0.3) is 0 Å². The minimum absolute atomic E-state index is 0.158. The fraction of sp³-hybridized carbons (Fsp3) is 0.400. The fourth-order valence-electron chi connectivity index (χ4n) is 2.13. The van der Waals surface area contributed by atoms with E-state index in [-0.39, 0.29) is 11.8 Å². The quantitative estimate of drug-likeness (QED) is 0.784. The van der Waals surface area contributed by atoms with Crippen LogP contribution >= 0.6 is 0 Å². The van der Waals surface area contributed by atoms with Crippen molar-refractivity contribution in [2.24, 2.45) is 0 Å². The largest absolute Gasteiger partial charge is 0.489 e. The van der Waals surface area contributed by atoms with E-state index in [1.807, 2.05) is 31.2 Å². The molecule has 0 atom stereocenters. The van der Waals surface area contributed by atoms with Gasteiger partial charge in [-0.05, 0) is 43.0 Å². The van der Waals surface area contributed by atoms with E-state index in [1.54, 1.807) is 0 Å². The molecule has 0 aromatic heterocycles. The fourth-order valence-corrected chi connectivity index (χ4v) is 2.13. The van der Waals surface area contributed by atoms with Crippen molar-refractivity contribution in [3.05, 3.63) is 42.0 Å². The van der Waals surface area contributed by atoms with Crippen molar-refractivity contribution in [1.29, 1.82) is 0 Å². The first-order chi connectivity index (χ1) is 8.52. The lowest BCUT2D eigenvalue weighted by atomic mass is 9.92. The minimum atomic E-state index is -0.735. The number of benzene rings is 1. The molecule has 96 valence electrons. The number of carbonyl (C=O) groups is 1. The molecule has 1 saturated carbocycles. The van der Waals surface area contributed by atoms with Crippen LogP contribution in [0.4, 0.5) is 0 Å². The predicted octanol–water partition coefficient (Wildman–Crippen LogP) is 3.15. The number of hydrogen-bond donors (Lipinski definition) is 1. The van der Waals surface area contributed by atoms with E-state index >= 15 is 0 Å². The summed E-state index contributed by atoms with van der Waals surface area (Å²) < 4.78 is 5.59. The lowest BCUT2D eigenvalue weighted by Crippen LogP contribution is -2.13. The number of hydrogen-bond acceptors (Lipinski definition) is 2. The highest BCUT2D eigenvalue weighted by Crippen LogP contribution is 2.51. The van der Waals surface area contributed by atoms with Gasteiger partial charge >= 0.3 is 5.97 Å². The van der Waals surface area contributed by atoms with Crippen molar-refractivity contribution >= 4 is 5.97 Å². The normalized spacial score (nSPS) is 16.1. The summed E-state index contributed by atoms with van der Waals surface area (Å²) in [5.74, 6) is 0.0490. The molecule has 0 amide bonds. The van der Waals surface area contributed by atoms with E-state index in [4.69, 9.17) is 9.84 Å². The average molecular weight is 246 g/mol. The maximum atomic E-state index is 10.9. The second-order valence-electron chi connectivity index (χ2n) is 5.12. The van der Waals surface area contributed by atoms with Gasteiger partial charge < -0.3 is 9.84 Å². The maximum Gasteiger partial charge on any atom is 0.304 e. The van der Waals surface area contributed by atoms with Crippen molar-refractivity contribution in [2.45, 2.75) is 31.6 Å². The molecule has 1 aliphatic rings. The van der Waals surface area contributed by atoms with Crippen LogP contribution in [0.25, 0.3) is 0 Å². The Hall–Kier alpha value is -1.77. The van der Waals surface area contributed by atoms with E-state index in [2.05, 4.69) is 6.58 Å². The summed E-state index contributed by atoms with van der Waals surface area (Å²) in [5.41, 5.74) is 1.88. The van der Waals surface area contributed by atoms with Crippen molar-refractivity contribution in [3.63, 3.8) is 0 Å². The molecule has 1 aliphatic carbocycles. The zero-order valence-electron chi connectivity index (χ0n) is 10.6. The van der Waals surface area contributed by atoms with Gasteiger partial charge in [0.05, 0.1) is 6.42 Å². The minimum Gasteiger partial charge on any atom is -0.489 e. The summed E-state index contributed by atoms with van der Waals surface area (Å²) in [6.45, 7) is 6.20. The van der Waals surface area contributed by atoms with Crippen LogP contribution < -0.4 is 4.74 Å². The molecular weight excluding hydrogens is 228 g/mol. The summed E-state index contributed by atoms with van der Waals surface area (Å²) >= 11 is 0. The topological polar surface area (TPSA) is 46.5 Å². The molecule has 0 unspecified atom stereocenters. The number of aliphatic carboxylic acids is 1. The van der Waals surface area contributed by atoms with Gasteiger partial charge in [0, 0.05) is 5.41 Å². The van der Waals surface area contributed by atoms with Gasteiger partial charge in [0.1, 0.15) is 12.4 Å². The number of carboxylic acid groups (broad SMARTS) is 1. The van der Waals surface area contributed by atoms with Gasteiger partial charge in [-0.2, -0.15) is 0 Å². The zero-order valence-corrected chi connectivity index (χ0v) is 10.6. The molecule has 1 aromatic carbocycles. The SMILES string of the molecule is C=C(C)COc1cccc(C2(CC(=O)O)CC2)c1. The molecule has 0 aliphatic heterocycles. The van der Waals surface area contributed by atoms with E-state index in [0.717, 1.165) is 29.7 Å². The molecule has 1 fully saturated rings. The van der Waals surface area contributed by atoms with Crippen LogP contribution in [-0.2, 0) is 10.2 Å². The Bertz CT molecular complexity index is 472. The molecular formula is C15H18O3. The van der Waals surface area contributed by atoms with E-state index < -0.39 is 5.97 Å². The van der Waals surface area contributed by atoms with E-state index in [9.17, 15) is 4.79 Å². The molecule has 3 heteroatoms. The van der Waals surface area contributed by atoms with Crippen molar-refractivity contribution in [2.75, 3.05) is 6.61 Å². The highest BCUT2D eigenvalue weighted by atomic mass is 16.5. The third-order valence-corrected chi connectivity index (χ3v) is 3.27. The van der Waals surface area contributed by atoms with E-state index in [0.29, 0.717) is 6.61 Å². The number of carboxylic acids is 1. The predicted molar refractivity (Wildman–Crippen MR) is 69.9 cm³/mol. The Morgan fingerprint density at radius 1 is 1.50 bits per heavy atom. The van der Waals surface area contributed by atoms with Gasteiger partial charge in [-0.25, -0.2) is 0 Å². The molecule has 0 radical (unpaired) electrons. The Kier molecular flexibility index (Phi) is 3.41. The van der Waals surface area contributed by atoms with Crippen LogP contribution in [0, 0.1) is 0 Å². The van der Waals surface area contributed by atoms with Crippen molar-refractivity contribution in [3.8, 4) is 5.75 Å². The molecule has 0 bridgehead atoms. The smallest absolute Gasteiger partial charge is 0.304 e. The third-order valence-electron chi connectivity index (χ3n) is 3.27. The molecule has 1 aromatic rings. The van der Waals surface area contributed by atoms with Crippen molar-refractivity contribution < 1.29 is 14.6 Å². The van der Waals surface area contributed by atoms with Crippen molar-refractivity contribution in [1.82, 2.24) is 0 Å². The third kappa shape index (κ3) is 2.92. The number of ether oxygens (including phenoxy) is 1. The second-order valence-corrected chi connectivity index (χ2v) is 5.12. The lowest BCUT2D eigenvalue weighted by molar-refractivity contribution is -0.137. The number of rotatable bonds is 6. The van der Waals surface area contributed by atoms with Gasteiger partial charge in [-0.1, -0.05) is 18.7 Å². The van der Waals surface area contributed by atoms with Crippen LogP contribution in [-0.4, -0.2) is 17.7 Å². The molecule has 0 spiro atoms. The molecule has 1 N–H and O–H groups in total. The highest BCUT2D eigenvalue weighted by molar-refractivity contribution is 5.70. The average Bonchev–Trinajstić information content (AvgIpc) is 3.07. The van der Waals surface area contributed by atoms with Crippen LogP contribution in [0.3, 0.4) is 0 Å².